The van der Waals surface area contributed by atoms with E-state index in [2.05, 4.69) is 4.74 Å². The topological polar surface area (TPSA) is 87.1 Å². The van der Waals surface area contributed by atoms with Crippen molar-refractivity contribution in [2.24, 2.45) is 0 Å². The van der Waals surface area contributed by atoms with E-state index in [1.165, 1.54) is 37.3 Å². The molecular formula is C12H15NO5. The van der Waals surface area contributed by atoms with Gasteiger partial charge in [-0.3, -0.25) is 9.59 Å². The highest BCUT2D eigenvalue weighted by atomic mass is 16.5. The van der Waals surface area contributed by atoms with E-state index in [1.807, 2.05) is 0 Å². The highest BCUT2D eigenvalue weighted by Gasteiger charge is 2.20. The molecule has 0 saturated heterocycles. The van der Waals surface area contributed by atoms with Gasteiger partial charge in [-0.15, -0.1) is 0 Å². The minimum atomic E-state index is -0.561. The number of carbonyl (C=O) groups is 2. The third-order valence-corrected chi connectivity index (χ3v) is 2.46. The van der Waals surface area contributed by atoms with Gasteiger partial charge in [-0.1, -0.05) is 6.07 Å². The summed E-state index contributed by atoms with van der Waals surface area (Å²) in [6.45, 7) is 0.138. The second-order valence-electron chi connectivity index (χ2n) is 3.72. The Bertz CT molecular complexity index is 438. The van der Waals surface area contributed by atoms with Gasteiger partial charge in [0.05, 0.1) is 13.5 Å². The monoisotopic (exact) mass is 253 g/mol. The molecule has 1 aromatic carbocycles. The Morgan fingerprint density at radius 2 is 1.83 bits per heavy atom. The highest BCUT2D eigenvalue weighted by molar-refractivity contribution is 5.99. The minimum Gasteiger partial charge on any atom is -0.507 e. The Kier molecular flexibility index (Phi) is 4.53. The molecule has 0 fully saturated rings. The molecule has 0 aliphatic rings. The van der Waals surface area contributed by atoms with Crippen LogP contribution in [-0.4, -0.2) is 47.7 Å². The molecular weight excluding hydrogens is 238 g/mol. The van der Waals surface area contributed by atoms with Crippen molar-refractivity contribution in [1.82, 2.24) is 4.90 Å². The number of aromatic hydroxyl groups is 2. The molecule has 0 bridgehead atoms. The molecule has 0 saturated carbocycles. The van der Waals surface area contributed by atoms with E-state index in [9.17, 15) is 19.8 Å². The van der Waals surface area contributed by atoms with Gasteiger partial charge in [0.1, 0.15) is 17.1 Å². The molecule has 1 amide bonds. The number of hydrogen-bond acceptors (Lipinski definition) is 5. The van der Waals surface area contributed by atoms with Gasteiger partial charge in [0.15, 0.2) is 0 Å². The number of phenolic OH excluding ortho intramolecular Hbond substituents is 2. The Morgan fingerprint density at radius 3 is 2.33 bits per heavy atom. The first-order chi connectivity index (χ1) is 8.47. The normalized spacial score (nSPS) is 9.89. The molecule has 0 atom stereocenters. The lowest BCUT2D eigenvalue weighted by Gasteiger charge is -2.17. The van der Waals surface area contributed by atoms with Crippen LogP contribution in [0.5, 0.6) is 11.5 Å². The van der Waals surface area contributed by atoms with Crippen LogP contribution in [0.2, 0.25) is 0 Å². The average molecular weight is 253 g/mol. The molecule has 1 aromatic rings. The number of phenols is 2. The maximum absolute atomic E-state index is 11.9. The van der Waals surface area contributed by atoms with E-state index in [-0.39, 0.29) is 30.0 Å². The van der Waals surface area contributed by atoms with Crippen molar-refractivity contribution in [2.75, 3.05) is 20.7 Å². The molecule has 0 radical (unpaired) electrons. The van der Waals surface area contributed by atoms with Gasteiger partial charge >= 0.3 is 5.97 Å². The third-order valence-electron chi connectivity index (χ3n) is 2.46. The van der Waals surface area contributed by atoms with E-state index in [1.54, 1.807) is 0 Å². The van der Waals surface area contributed by atoms with Crippen LogP contribution in [0.3, 0.4) is 0 Å². The molecule has 98 valence electrons. The molecule has 0 spiro atoms. The van der Waals surface area contributed by atoms with Gasteiger partial charge in [0.2, 0.25) is 0 Å². The molecule has 0 aliphatic carbocycles. The number of esters is 1. The molecule has 0 aromatic heterocycles. The fourth-order valence-corrected chi connectivity index (χ4v) is 1.40. The Morgan fingerprint density at radius 1 is 1.28 bits per heavy atom. The zero-order chi connectivity index (χ0) is 13.7. The zero-order valence-corrected chi connectivity index (χ0v) is 10.2. The van der Waals surface area contributed by atoms with Crippen LogP contribution in [0.1, 0.15) is 16.8 Å². The summed E-state index contributed by atoms with van der Waals surface area (Å²) in [5.41, 5.74) is -0.176. The number of hydrogen-bond donors (Lipinski definition) is 2. The molecule has 0 heterocycles. The number of carbonyl (C=O) groups excluding carboxylic acids is 2. The van der Waals surface area contributed by atoms with Crippen LogP contribution < -0.4 is 0 Å². The average Bonchev–Trinajstić information content (AvgIpc) is 2.34. The van der Waals surface area contributed by atoms with Crippen molar-refractivity contribution in [1.29, 1.82) is 0 Å². The second-order valence-corrected chi connectivity index (χ2v) is 3.72. The van der Waals surface area contributed by atoms with Crippen LogP contribution >= 0.6 is 0 Å². The summed E-state index contributed by atoms with van der Waals surface area (Å²) in [5.74, 6) is -1.60. The van der Waals surface area contributed by atoms with Crippen LogP contribution in [-0.2, 0) is 9.53 Å². The van der Waals surface area contributed by atoms with Gasteiger partial charge in [-0.25, -0.2) is 0 Å². The Hall–Kier alpha value is -2.24. The first-order valence-corrected chi connectivity index (χ1v) is 5.30. The molecule has 0 aliphatic heterocycles. The number of nitrogens with zero attached hydrogens (tertiary/aromatic N) is 1. The van der Waals surface area contributed by atoms with E-state index in [4.69, 9.17) is 0 Å². The third kappa shape index (κ3) is 3.13. The summed E-state index contributed by atoms with van der Waals surface area (Å²) in [4.78, 5) is 24.1. The van der Waals surface area contributed by atoms with E-state index >= 15 is 0 Å². The first-order valence-electron chi connectivity index (χ1n) is 5.30. The molecule has 1 rings (SSSR count). The smallest absolute Gasteiger partial charge is 0.307 e. The van der Waals surface area contributed by atoms with Crippen LogP contribution in [0.15, 0.2) is 18.2 Å². The fraction of sp³-hybridized carbons (Fsp3) is 0.333. The number of benzene rings is 1. The lowest BCUT2D eigenvalue weighted by atomic mass is 10.1. The van der Waals surface area contributed by atoms with Crippen molar-refractivity contribution in [3.8, 4) is 11.5 Å². The van der Waals surface area contributed by atoms with Crippen molar-refractivity contribution in [2.45, 2.75) is 6.42 Å². The lowest BCUT2D eigenvalue weighted by Crippen LogP contribution is -2.29. The summed E-state index contributed by atoms with van der Waals surface area (Å²) < 4.78 is 4.46. The van der Waals surface area contributed by atoms with Crippen molar-refractivity contribution >= 4 is 11.9 Å². The number of amides is 1. The summed E-state index contributed by atoms with van der Waals surface area (Å²) in [5, 5.41) is 19.1. The van der Waals surface area contributed by atoms with Gasteiger partial charge in [-0.2, -0.15) is 0 Å². The summed E-state index contributed by atoms with van der Waals surface area (Å²) in [6, 6.07) is 4.04. The van der Waals surface area contributed by atoms with Crippen molar-refractivity contribution in [3.05, 3.63) is 23.8 Å². The number of ether oxygens (including phenoxy) is 1. The predicted molar refractivity (Wildman–Crippen MR) is 63.4 cm³/mol. The van der Waals surface area contributed by atoms with Gasteiger partial charge in [0, 0.05) is 13.6 Å². The van der Waals surface area contributed by atoms with Gasteiger partial charge < -0.3 is 19.8 Å². The van der Waals surface area contributed by atoms with Crippen molar-refractivity contribution in [3.63, 3.8) is 0 Å². The minimum absolute atomic E-state index is 0.0487. The quantitative estimate of drug-likeness (QED) is 0.772. The molecule has 6 heteroatoms. The van der Waals surface area contributed by atoms with E-state index < -0.39 is 11.9 Å². The predicted octanol–water partition coefficient (Wildman–Crippen LogP) is 0.733. The Balaban J connectivity index is 2.78. The van der Waals surface area contributed by atoms with Crippen molar-refractivity contribution < 1.29 is 24.5 Å². The SMILES string of the molecule is COC(=O)CCN(C)C(=O)c1c(O)cccc1O. The number of rotatable bonds is 4. The molecule has 0 unspecified atom stereocenters. The summed E-state index contributed by atoms with van der Waals surface area (Å²) in [7, 11) is 2.73. The molecule has 6 nitrogen and oxygen atoms in total. The van der Waals surface area contributed by atoms with E-state index in [0.29, 0.717) is 0 Å². The zero-order valence-electron chi connectivity index (χ0n) is 10.2. The Labute approximate surface area is 104 Å². The summed E-state index contributed by atoms with van der Waals surface area (Å²) >= 11 is 0. The van der Waals surface area contributed by atoms with Crippen LogP contribution in [0.25, 0.3) is 0 Å². The molecule has 18 heavy (non-hydrogen) atoms. The fourth-order valence-electron chi connectivity index (χ4n) is 1.40. The van der Waals surface area contributed by atoms with Gasteiger partial charge in [0.25, 0.3) is 5.91 Å². The first kappa shape index (κ1) is 13.8. The van der Waals surface area contributed by atoms with Crippen LogP contribution in [0.4, 0.5) is 0 Å². The highest BCUT2D eigenvalue weighted by Crippen LogP contribution is 2.27. The number of methoxy groups -OCH3 is 1. The lowest BCUT2D eigenvalue weighted by molar-refractivity contribution is -0.140. The largest absolute Gasteiger partial charge is 0.507 e. The maximum Gasteiger partial charge on any atom is 0.307 e. The van der Waals surface area contributed by atoms with Crippen LogP contribution in [0, 0.1) is 0 Å². The summed E-state index contributed by atoms with van der Waals surface area (Å²) in [6.07, 6.45) is 0.0487. The molecule has 2 N–H and O–H groups in total. The van der Waals surface area contributed by atoms with Gasteiger partial charge in [-0.05, 0) is 12.1 Å². The maximum atomic E-state index is 11.9. The van der Waals surface area contributed by atoms with E-state index in [0.717, 1.165) is 0 Å². The standard InChI is InChI=1S/C12H15NO5/c1-13(7-6-10(16)18-2)12(17)11-8(14)4-3-5-9(11)15/h3-5,14-15H,6-7H2,1-2H3. The second kappa shape index (κ2) is 5.90.